The van der Waals surface area contributed by atoms with Gasteiger partial charge in [0.25, 0.3) is 15.6 Å². The second-order valence-corrected chi connectivity index (χ2v) is 10.9. The molecule has 204 valence electrons. The molecule has 10 nitrogen and oxygen atoms in total. The van der Waals surface area contributed by atoms with Crippen LogP contribution < -0.4 is 25.1 Å². The van der Waals surface area contributed by atoms with Crippen LogP contribution >= 0.6 is 0 Å². The highest BCUT2D eigenvalue weighted by Gasteiger charge is 2.19. The monoisotopic (exact) mass is 553 g/mol. The van der Waals surface area contributed by atoms with E-state index in [1.807, 2.05) is 0 Å². The van der Waals surface area contributed by atoms with E-state index in [1.54, 1.807) is 24.4 Å². The van der Waals surface area contributed by atoms with Gasteiger partial charge in [0.1, 0.15) is 17.2 Å². The number of nitrogens with one attached hydrogen (secondary N) is 2. The number of fused-ring (bicyclic) bond motifs is 1. The fourth-order valence-electron chi connectivity index (χ4n) is 4.50. The molecule has 0 aliphatic carbocycles. The van der Waals surface area contributed by atoms with Gasteiger partial charge in [-0.1, -0.05) is 0 Å². The van der Waals surface area contributed by atoms with Crippen molar-refractivity contribution in [1.29, 1.82) is 0 Å². The average Bonchev–Trinajstić information content (AvgIpc) is 2.95. The molecule has 39 heavy (non-hydrogen) atoms. The van der Waals surface area contributed by atoms with Crippen LogP contribution in [0.5, 0.6) is 11.6 Å². The lowest BCUT2D eigenvalue weighted by molar-refractivity contribution is 0.248. The fourth-order valence-corrected chi connectivity index (χ4v) is 5.55. The van der Waals surface area contributed by atoms with Gasteiger partial charge in [0.2, 0.25) is 11.6 Å². The van der Waals surface area contributed by atoms with Crippen LogP contribution in [0.2, 0.25) is 0 Å². The molecule has 4 heterocycles. The van der Waals surface area contributed by atoms with Crippen LogP contribution in [0.25, 0.3) is 16.8 Å². The molecule has 1 aliphatic rings. The van der Waals surface area contributed by atoms with Crippen molar-refractivity contribution in [2.24, 2.45) is 5.92 Å². The van der Waals surface area contributed by atoms with Crippen molar-refractivity contribution in [3.63, 3.8) is 0 Å². The highest BCUT2D eigenvalue weighted by molar-refractivity contribution is 7.92. The summed E-state index contributed by atoms with van der Waals surface area (Å²) in [6, 6.07) is 9.43. The van der Waals surface area contributed by atoms with Crippen molar-refractivity contribution in [1.82, 2.24) is 19.7 Å². The van der Waals surface area contributed by atoms with Gasteiger partial charge < -0.3 is 14.8 Å². The Labute approximate surface area is 224 Å². The first kappa shape index (κ1) is 26.6. The summed E-state index contributed by atoms with van der Waals surface area (Å²) >= 11 is 0. The number of benzene rings is 1. The summed E-state index contributed by atoms with van der Waals surface area (Å²) < 4.78 is 53.9. The predicted octanol–water partition coefficient (Wildman–Crippen LogP) is 3.47. The Morgan fingerprint density at radius 1 is 1.08 bits per heavy atom. The minimum absolute atomic E-state index is 0.0495. The zero-order valence-corrected chi connectivity index (χ0v) is 22.1. The fraction of sp³-hybridized carbons (Fsp3) is 0.296. The number of piperidine rings is 1. The standard InChI is InChI=1S/C27H28FN5O5S/c1-37-26-23(32-39(35,36)22-5-3-21(28)4-6-22)14-20(15-31-26)19-2-7-25-30-16-24(27(34)33(25)17-19)38-13-10-18-8-11-29-12-9-18/h2-7,14-18,29,32H,8-13H2,1H3. The van der Waals surface area contributed by atoms with E-state index in [2.05, 4.69) is 20.0 Å². The number of halogens is 1. The molecule has 0 atom stereocenters. The van der Waals surface area contributed by atoms with Crippen molar-refractivity contribution in [2.75, 3.05) is 31.5 Å². The maximum Gasteiger partial charge on any atom is 0.300 e. The van der Waals surface area contributed by atoms with Gasteiger partial charge in [0.15, 0.2) is 0 Å². The van der Waals surface area contributed by atoms with E-state index in [0.717, 1.165) is 56.6 Å². The van der Waals surface area contributed by atoms with Crippen LogP contribution in [-0.2, 0) is 10.0 Å². The number of hydrogen-bond donors (Lipinski definition) is 2. The molecule has 3 aromatic heterocycles. The maximum atomic E-state index is 13.3. The first-order chi connectivity index (χ1) is 18.8. The Balaban J connectivity index is 1.41. The number of ether oxygens (including phenoxy) is 2. The van der Waals surface area contributed by atoms with Crippen molar-refractivity contribution in [3.05, 3.63) is 77.2 Å². The average molecular weight is 554 g/mol. The molecule has 0 amide bonds. The van der Waals surface area contributed by atoms with Gasteiger partial charge in [-0.15, -0.1) is 0 Å². The third-order valence-corrected chi connectivity index (χ3v) is 8.04. The molecule has 1 saturated heterocycles. The van der Waals surface area contributed by atoms with Gasteiger partial charge >= 0.3 is 0 Å². The van der Waals surface area contributed by atoms with E-state index in [4.69, 9.17) is 9.47 Å². The van der Waals surface area contributed by atoms with Gasteiger partial charge in [-0.25, -0.2) is 22.8 Å². The van der Waals surface area contributed by atoms with Gasteiger partial charge in [0.05, 0.1) is 24.8 Å². The molecule has 1 fully saturated rings. The van der Waals surface area contributed by atoms with Crippen molar-refractivity contribution in [2.45, 2.75) is 24.2 Å². The molecule has 4 aromatic rings. The summed E-state index contributed by atoms with van der Waals surface area (Å²) in [6.45, 7) is 2.44. The Morgan fingerprint density at radius 3 is 2.59 bits per heavy atom. The van der Waals surface area contributed by atoms with Gasteiger partial charge in [0, 0.05) is 23.5 Å². The third kappa shape index (κ3) is 6.02. The number of anilines is 1. The van der Waals surface area contributed by atoms with Crippen LogP contribution in [0.4, 0.5) is 10.1 Å². The molecule has 12 heteroatoms. The summed E-state index contributed by atoms with van der Waals surface area (Å²) in [5.41, 5.74) is 1.30. The second kappa shape index (κ2) is 11.4. The Morgan fingerprint density at radius 2 is 1.85 bits per heavy atom. The summed E-state index contributed by atoms with van der Waals surface area (Å²) in [6.07, 6.45) is 7.62. The molecule has 0 radical (unpaired) electrons. The number of rotatable bonds is 9. The molecule has 5 rings (SSSR count). The third-order valence-electron chi connectivity index (χ3n) is 6.66. The van der Waals surface area contributed by atoms with Gasteiger partial charge in [-0.05, 0) is 80.7 Å². The lowest BCUT2D eigenvalue weighted by Gasteiger charge is -2.22. The summed E-state index contributed by atoms with van der Waals surface area (Å²) in [5, 5.41) is 3.34. The van der Waals surface area contributed by atoms with Crippen LogP contribution in [0, 0.1) is 11.7 Å². The summed E-state index contributed by atoms with van der Waals surface area (Å²) in [7, 11) is -2.68. The molecule has 0 unspecified atom stereocenters. The number of pyridine rings is 2. The number of hydrogen-bond acceptors (Lipinski definition) is 8. The summed E-state index contributed by atoms with van der Waals surface area (Å²) in [4.78, 5) is 21.6. The van der Waals surface area contributed by atoms with Crippen LogP contribution in [0.3, 0.4) is 0 Å². The van der Waals surface area contributed by atoms with Crippen LogP contribution in [0.15, 0.2) is 70.7 Å². The highest BCUT2D eigenvalue weighted by Crippen LogP contribution is 2.30. The molecular weight excluding hydrogens is 525 g/mol. The molecule has 1 aliphatic heterocycles. The first-order valence-corrected chi connectivity index (χ1v) is 14.0. The molecule has 0 saturated carbocycles. The normalized spacial score (nSPS) is 14.3. The SMILES string of the molecule is COc1ncc(-c2ccc3ncc(OCCC4CCNCC4)c(=O)n3c2)cc1NS(=O)(=O)c1ccc(F)cc1. The lowest BCUT2D eigenvalue weighted by atomic mass is 9.95. The van der Waals surface area contributed by atoms with Crippen LogP contribution in [0.1, 0.15) is 19.3 Å². The summed E-state index contributed by atoms with van der Waals surface area (Å²) in [5.74, 6) is 0.241. The molecule has 0 spiro atoms. The van der Waals surface area contributed by atoms with E-state index in [1.165, 1.54) is 23.9 Å². The Hall–Kier alpha value is -4.03. The smallest absolute Gasteiger partial charge is 0.300 e. The number of aromatic nitrogens is 3. The topological polar surface area (TPSA) is 124 Å². The number of methoxy groups -OCH3 is 1. The minimum atomic E-state index is -4.05. The zero-order valence-electron chi connectivity index (χ0n) is 21.3. The quantitative estimate of drug-likeness (QED) is 0.323. The van der Waals surface area contributed by atoms with Crippen LogP contribution in [-0.4, -0.2) is 49.6 Å². The molecule has 1 aromatic carbocycles. The molecule has 2 N–H and O–H groups in total. The van der Waals surface area contributed by atoms with E-state index < -0.39 is 15.8 Å². The van der Waals surface area contributed by atoms with Gasteiger partial charge in [-0.3, -0.25) is 13.9 Å². The lowest BCUT2D eigenvalue weighted by Crippen LogP contribution is -2.28. The van der Waals surface area contributed by atoms with E-state index in [0.29, 0.717) is 29.3 Å². The van der Waals surface area contributed by atoms with Crippen molar-refractivity contribution >= 4 is 21.4 Å². The second-order valence-electron chi connectivity index (χ2n) is 9.24. The Kier molecular flexibility index (Phi) is 7.75. The maximum absolute atomic E-state index is 13.3. The Bertz CT molecular complexity index is 1640. The largest absolute Gasteiger partial charge is 0.487 e. The van der Waals surface area contributed by atoms with E-state index in [9.17, 15) is 17.6 Å². The first-order valence-electron chi connectivity index (χ1n) is 12.5. The highest BCUT2D eigenvalue weighted by atomic mass is 32.2. The van der Waals surface area contributed by atoms with E-state index in [-0.39, 0.29) is 27.8 Å². The zero-order chi connectivity index (χ0) is 27.4. The predicted molar refractivity (Wildman–Crippen MR) is 144 cm³/mol. The minimum Gasteiger partial charge on any atom is -0.487 e. The van der Waals surface area contributed by atoms with Crippen molar-refractivity contribution in [3.8, 4) is 22.8 Å². The number of nitrogens with zero attached hydrogens (tertiary/aromatic N) is 3. The van der Waals surface area contributed by atoms with E-state index >= 15 is 0 Å². The van der Waals surface area contributed by atoms with Crippen molar-refractivity contribution < 1.29 is 22.3 Å². The van der Waals surface area contributed by atoms with Gasteiger partial charge in [-0.2, -0.15) is 0 Å². The molecule has 0 bridgehead atoms. The molecular formula is C27H28FN5O5S. The number of sulfonamides is 1.